The third-order valence-electron chi connectivity index (χ3n) is 3.53. The summed E-state index contributed by atoms with van der Waals surface area (Å²) >= 11 is 0. The lowest BCUT2D eigenvalue weighted by molar-refractivity contribution is -0.00461. The second kappa shape index (κ2) is 6.10. The molecule has 0 bridgehead atoms. The van der Waals surface area contributed by atoms with Crippen LogP contribution in [0.25, 0.3) is 0 Å². The van der Waals surface area contributed by atoms with E-state index in [1.807, 2.05) is 0 Å². The van der Waals surface area contributed by atoms with Crippen LogP contribution in [0.3, 0.4) is 0 Å². The topological polar surface area (TPSA) is 98.9 Å². The normalized spacial score (nSPS) is 22.5. The zero-order valence-corrected chi connectivity index (χ0v) is 12.7. The van der Waals surface area contributed by atoms with E-state index in [4.69, 9.17) is 14.6 Å². The maximum absolute atomic E-state index is 12.5. The minimum absolute atomic E-state index is 0.0617. The molecule has 0 saturated carbocycles. The first-order valence-electron chi connectivity index (χ1n) is 6.35. The summed E-state index contributed by atoms with van der Waals surface area (Å²) in [5, 5.41) is 5.15. The van der Waals surface area contributed by atoms with Crippen molar-refractivity contribution in [3.05, 3.63) is 29.8 Å². The van der Waals surface area contributed by atoms with Crippen LogP contribution in [0.2, 0.25) is 0 Å². The maximum atomic E-state index is 12.5. The van der Waals surface area contributed by atoms with Gasteiger partial charge >= 0.3 is 0 Å². The number of carbonyl (C=O) groups is 1. The number of amides is 1. The Hall–Kier alpha value is -1.48. The molecule has 2 unspecified atom stereocenters. The number of primary sulfonamides is 1. The number of ether oxygens (including phenoxy) is 2. The lowest BCUT2D eigenvalue weighted by Crippen LogP contribution is -2.31. The number of nitrogens with zero attached hydrogens (tertiary/aromatic N) is 1. The molecule has 0 spiro atoms. The largest absolute Gasteiger partial charge is 0.377 e. The van der Waals surface area contributed by atoms with Crippen LogP contribution in [0, 0.1) is 0 Å². The Bertz CT molecular complexity index is 619. The molecule has 1 aromatic carbocycles. The fourth-order valence-corrected chi connectivity index (χ4v) is 3.15. The van der Waals surface area contributed by atoms with Crippen LogP contribution >= 0.6 is 0 Å². The van der Waals surface area contributed by atoms with Gasteiger partial charge in [-0.3, -0.25) is 4.79 Å². The Labute approximate surface area is 123 Å². The quantitative estimate of drug-likeness (QED) is 0.831. The van der Waals surface area contributed by atoms with Gasteiger partial charge in [-0.2, -0.15) is 0 Å². The van der Waals surface area contributed by atoms with Crippen LogP contribution in [0.15, 0.2) is 29.2 Å². The fraction of sp³-hybridized carbons (Fsp3) is 0.462. The highest BCUT2D eigenvalue weighted by Crippen LogP contribution is 2.21. The van der Waals surface area contributed by atoms with Crippen molar-refractivity contribution in [1.29, 1.82) is 0 Å². The third kappa shape index (κ3) is 3.24. The standard InChI is InChI=1S/C13H18N2O5S/c1-19-10-7-15(8-11(10)20-2)13(16)9-5-3-4-6-12(9)21(14,17)18/h3-6,10-11H,7-8H2,1-2H3,(H2,14,17,18). The van der Waals surface area contributed by atoms with Gasteiger partial charge in [-0.05, 0) is 12.1 Å². The van der Waals surface area contributed by atoms with E-state index in [0.717, 1.165) is 0 Å². The SMILES string of the molecule is COC1CN(C(=O)c2ccccc2S(N)(=O)=O)CC1OC. The molecule has 1 aliphatic rings. The van der Waals surface area contributed by atoms with E-state index in [-0.39, 0.29) is 22.7 Å². The molecule has 1 aliphatic heterocycles. The van der Waals surface area contributed by atoms with Gasteiger partial charge in [0.15, 0.2) is 0 Å². The van der Waals surface area contributed by atoms with Gasteiger partial charge in [0.1, 0.15) is 12.2 Å². The van der Waals surface area contributed by atoms with Crippen molar-refractivity contribution in [2.45, 2.75) is 17.1 Å². The summed E-state index contributed by atoms with van der Waals surface area (Å²) in [5.41, 5.74) is 0.0617. The number of hydrogen-bond acceptors (Lipinski definition) is 5. The average Bonchev–Trinajstić information content (AvgIpc) is 2.89. The molecule has 7 nitrogen and oxygen atoms in total. The molecule has 1 fully saturated rings. The van der Waals surface area contributed by atoms with E-state index in [1.165, 1.54) is 23.1 Å². The van der Waals surface area contributed by atoms with Gasteiger partial charge in [0.05, 0.1) is 10.5 Å². The van der Waals surface area contributed by atoms with Crippen molar-refractivity contribution in [3.63, 3.8) is 0 Å². The summed E-state index contributed by atoms with van der Waals surface area (Å²) in [6.45, 7) is 0.680. The molecule has 116 valence electrons. The smallest absolute Gasteiger partial charge is 0.255 e. The third-order valence-corrected chi connectivity index (χ3v) is 4.50. The minimum atomic E-state index is -3.96. The van der Waals surface area contributed by atoms with E-state index in [1.54, 1.807) is 20.3 Å². The maximum Gasteiger partial charge on any atom is 0.255 e. The molecule has 1 saturated heterocycles. The first-order valence-corrected chi connectivity index (χ1v) is 7.89. The Kier molecular flexibility index (Phi) is 4.62. The van der Waals surface area contributed by atoms with Gasteiger partial charge in [0, 0.05) is 27.3 Å². The van der Waals surface area contributed by atoms with Gasteiger partial charge in [-0.15, -0.1) is 0 Å². The monoisotopic (exact) mass is 314 g/mol. The highest BCUT2D eigenvalue weighted by Gasteiger charge is 2.36. The number of nitrogens with two attached hydrogens (primary N) is 1. The van der Waals surface area contributed by atoms with Crippen molar-refractivity contribution in [1.82, 2.24) is 4.90 Å². The van der Waals surface area contributed by atoms with E-state index in [9.17, 15) is 13.2 Å². The number of rotatable bonds is 4. The molecule has 21 heavy (non-hydrogen) atoms. The minimum Gasteiger partial charge on any atom is -0.377 e. The number of methoxy groups -OCH3 is 2. The molecule has 0 aromatic heterocycles. The number of likely N-dealkylation sites (tertiary alicyclic amines) is 1. The predicted octanol–water partition coefficient (Wildman–Crippen LogP) is -0.180. The van der Waals surface area contributed by atoms with Crippen molar-refractivity contribution in [3.8, 4) is 0 Å². The van der Waals surface area contributed by atoms with Crippen molar-refractivity contribution in [2.24, 2.45) is 5.14 Å². The summed E-state index contributed by atoms with van der Waals surface area (Å²) in [6.07, 6.45) is -0.471. The van der Waals surface area contributed by atoms with Crippen LogP contribution < -0.4 is 5.14 Å². The molecule has 1 aromatic rings. The molecular weight excluding hydrogens is 296 g/mol. The molecule has 2 rings (SSSR count). The van der Waals surface area contributed by atoms with Crippen molar-refractivity contribution < 1.29 is 22.7 Å². The second-order valence-corrected chi connectivity index (χ2v) is 6.33. The molecule has 0 aliphatic carbocycles. The summed E-state index contributed by atoms with van der Waals surface area (Å²) in [5.74, 6) is -0.402. The summed E-state index contributed by atoms with van der Waals surface area (Å²) in [6, 6.07) is 5.89. The highest BCUT2D eigenvalue weighted by atomic mass is 32.2. The van der Waals surface area contributed by atoms with E-state index in [0.29, 0.717) is 13.1 Å². The second-order valence-electron chi connectivity index (χ2n) is 4.80. The Morgan fingerprint density at radius 2 is 1.71 bits per heavy atom. The van der Waals surface area contributed by atoms with Crippen LogP contribution in [-0.2, 0) is 19.5 Å². The van der Waals surface area contributed by atoms with Crippen LogP contribution in [-0.4, -0.2) is 58.7 Å². The summed E-state index contributed by atoms with van der Waals surface area (Å²) < 4.78 is 33.7. The molecule has 1 heterocycles. The zero-order valence-electron chi connectivity index (χ0n) is 11.9. The molecular formula is C13H18N2O5S. The lowest BCUT2D eigenvalue weighted by Gasteiger charge is -2.17. The summed E-state index contributed by atoms with van der Waals surface area (Å²) in [7, 11) is -0.867. The predicted molar refractivity (Wildman–Crippen MR) is 75.3 cm³/mol. The van der Waals surface area contributed by atoms with Crippen LogP contribution in [0.1, 0.15) is 10.4 Å². The van der Waals surface area contributed by atoms with Gasteiger partial charge in [0.2, 0.25) is 10.0 Å². The number of benzene rings is 1. The van der Waals surface area contributed by atoms with Gasteiger partial charge in [0.25, 0.3) is 5.91 Å². The van der Waals surface area contributed by atoms with Gasteiger partial charge in [-0.25, -0.2) is 13.6 Å². The number of hydrogen-bond donors (Lipinski definition) is 1. The highest BCUT2D eigenvalue weighted by molar-refractivity contribution is 7.89. The van der Waals surface area contributed by atoms with Gasteiger partial charge in [-0.1, -0.05) is 12.1 Å². The molecule has 2 N–H and O–H groups in total. The molecule has 1 amide bonds. The van der Waals surface area contributed by atoms with Crippen LogP contribution in [0.4, 0.5) is 0 Å². The van der Waals surface area contributed by atoms with Crippen molar-refractivity contribution in [2.75, 3.05) is 27.3 Å². The fourth-order valence-electron chi connectivity index (χ4n) is 2.42. The van der Waals surface area contributed by atoms with Crippen molar-refractivity contribution >= 4 is 15.9 Å². The van der Waals surface area contributed by atoms with Gasteiger partial charge < -0.3 is 14.4 Å². The van der Waals surface area contributed by atoms with Crippen LogP contribution in [0.5, 0.6) is 0 Å². The zero-order chi connectivity index (χ0) is 15.6. The summed E-state index contributed by atoms with van der Waals surface area (Å²) in [4.78, 5) is 13.9. The molecule has 0 radical (unpaired) electrons. The lowest BCUT2D eigenvalue weighted by atomic mass is 10.2. The molecule has 8 heteroatoms. The van der Waals surface area contributed by atoms with E-state index < -0.39 is 15.9 Å². The van der Waals surface area contributed by atoms with E-state index >= 15 is 0 Å². The first-order chi connectivity index (χ1) is 9.88. The average molecular weight is 314 g/mol. The number of carbonyl (C=O) groups excluding carboxylic acids is 1. The number of sulfonamides is 1. The Morgan fingerprint density at radius 1 is 1.19 bits per heavy atom. The van der Waals surface area contributed by atoms with E-state index in [2.05, 4.69) is 0 Å². The first kappa shape index (κ1) is 15.9. The molecule has 2 atom stereocenters. The Balaban J connectivity index is 2.30. The Morgan fingerprint density at radius 3 is 2.19 bits per heavy atom.